The Morgan fingerprint density at radius 1 is 1.21 bits per heavy atom. The standard InChI is InChI=1S/C18H27N3O3/c1-2-21-12-16(11-19-21)13-6-8-20(9-7-13)17(22)14-4-3-5-15(10-14)18(23)24/h11-15H,2-10H2,1H3,(H,23,24). The lowest BCUT2D eigenvalue weighted by Crippen LogP contribution is -2.43. The van der Waals surface area contributed by atoms with E-state index in [1.807, 2.05) is 15.8 Å². The van der Waals surface area contributed by atoms with Crippen molar-refractivity contribution in [3.63, 3.8) is 0 Å². The summed E-state index contributed by atoms with van der Waals surface area (Å²) in [7, 11) is 0. The minimum absolute atomic E-state index is 0.0979. The first kappa shape index (κ1) is 17.0. The normalized spacial score (nSPS) is 25.6. The number of hydrogen-bond donors (Lipinski definition) is 1. The summed E-state index contributed by atoms with van der Waals surface area (Å²) in [6, 6.07) is 0. The van der Waals surface area contributed by atoms with Gasteiger partial charge in [0.15, 0.2) is 0 Å². The highest BCUT2D eigenvalue weighted by molar-refractivity contribution is 5.80. The van der Waals surface area contributed by atoms with Crippen LogP contribution in [0, 0.1) is 11.8 Å². The predicted octanol–water partition coefficient (Wildman–Crippen LogP) is 2.50. The Morgan fingerprint density at radius 2 is 1.92 bits per heavy atom. The second kappa shape index (κ2) is 7.36. The van der Waals surface area contributed by atoms with Crippen molar-refractivity contribution in [2.24, 2.45) is 11.8 Å². The average Bonchev–Trinajstić information content (AvgIpc) is 3.10. The van der Waals surface area contributed by atoms with E-state index in [4.69, 9.17) is 0 Å². The summed E-state index contributed by atoms with van der Waals surface area (Å²) in [6.07, 6.45) is 8.91. The van der Waals surface area contributed by atoms with E-state index in [2.05, 4.69) is 18.2 Å². The van der Waals surface area contributed by atoms with E-state index < -0.39 is 5.97 Å². The highest BCUT2D eigenvalue weighted by Crippen LogP contribution is 2.33. The van der Waals surface area contributed by atoms with Crippen molar-refractivity contribution in [1.29, 1.82) is 0 Å². The zero-order chi connectivity index (χ0) is 17.1. The maximum Gasteiger partial charge on any atom is 0.306 e. The fourth-order valence-electron chi connectivity index (χ4n) is 4.09. The van der Waals surface area contributed by atoms with Crippen LogP contribution in [0.1, 0.15) is 56.9 Å². The molecule has 0 bridgehead atoms. The molecule has 2 heterocycles. The molecular formula is C18H27N3O3. The number of amides is 1. The molecular weight excluding hydrogens is 306 g/mol. The van der Waals surface area contributed by atoms with Gasteiger partial charge in [-0.15, -0.1) is 0 Å². The molecule has 1 aliphatic carbocycles. The van der Waals surface area contributed by atoms with Crippen molar-refractivity contribution in [3.05, 3.63) is 18.0 Å². The quantitative estimate of drug-likeness (QED) is 0.918. The summed E-state index contributed by atoms with van der Waals surface area (Å²) in [6.45, 7) is 4.50. The fraction of sp³-hybridized carbons (Fsp3) is 0.722. The second-order valence-corrected chi connectivity index (χ2v) is 7.13. The minimum atomic E-state index is -0.751. The SMILES string of the molecule is CCn1cc(C2CCN(C(=O)C3CCCC(C(=O)O)C3)CC2)cn1. The first-order valence-electron chi connectivity index (χ1n) is 9.12. The van der Waals surface area contributed by atoms with Gasteiger partial charge in [-0.05, 0) is 50.5 Å². The first-order valence-corrected chi connectivity index (χ1v) is 9.12. The molecule has 1 N–H and O–H groups in total. The van der Waals surface area contributed by atoms with Crippen molar-refractivity contribution in [1.82, 2.24) is 14.7 Å². The molecule has 1 aromatic heterocycles. The number of hydrogen-bond acceptors (Lipinski definition) is 3. The Balaban J connectivity index is 1.54. The van der Waals surface area contributed by atoms with E-state index in [9.17, 15) is 14.7 Å². The summed E-state index contributed by atoms with van der Waals surface area (Å²) in [5, 5.41) is 13.5. The molecule has 0 aromatic carbocycles. The molecule has 132 valence electrons. The molecule has 2 unspecified atom stereocenters. The van der Waals surface area contributed by atoms with Crippen LogP contribution < -0.4 is 0 Å². The predicted molar refractivity (Wildman–Crippen MR) is 89.5 cm³/mol. The number of piperidine rings is 1. The van der Waals surface area contributed by atoms with Gasteiger partial charge in [0.2, 0.25) is 5.91 Å². The number of aryl methyl sites for hydroxylation is 1. The zero-order valence-electron chi connectivity index (χ0n) is 14.4. The van der Waals surface area contributed by atoms with E-state index in [1.165, 1.54) is 5.56 Å². The van der Waals surface area contributed by atoms with E-state index in [1.54, 1.807) is 0 Å². The van der Waals surface area contributed by atoms with Gasteiger partial charge in [0.05, 0.1) is 12.1 Å². The van der Waals surface area contributed by atoms with Crippen LogP contribution in [0.3, 0.4) is 0 Å². The van der Waals surface area contributed by atoms with Crippen molar-refractivity contribution in [2.75, 3.05) is 13.1 Å². The molecule has 1 saturated carbocycles. The van der Waals surface area contributed by atoms with Crippen molar-refractivity contribution in [3.8, 4) is 0 Å². The Labute approximate surface area is 142 Å². The van der Waals surface area contributed by atoms with Gasteiger partial charge < -0.3 is 10.0 Å². The monoisotopic (exact) mass is 333 g/mol. The van der Waals surface area contributed by atoms with E-state index >= 15 is 0 Å². The summed E-state index contributed by atoms with van der Waals surface area (Å²) < 4.78 is 1.95. The van der Waals surface area contributed by atoms with Gasteiger partial charge in [-0.25, -0.2) is 0 Å². The van der Waals surface area contributed by atoms with Crippen molar-refractivity contribution in [2.45, 2.75) is 57.9 Å². The maximum atomic E-state index is 12.7. The number of likely N-dealkylation sites (tertiary alicyclic amines) is 1. The molecule has 6 heteroatoms. The Bertz CT molecular complexity index is 590. The highest BCUT2D eigenvalue weighted by Gasteiger charge is 2.34. The molecule has 1 amide bonds. The van der Waals surface area contributed by atoms with Crippen LogP contribution in [0.5, 0.6) is 0 Å². The maximum absolute atomic E-state index is 12.7. The molecule has 3 rings (SSSR count). The minimum Gasteiger partial charge on any atom is -0.481 e. The van der Waals surface area contributed by atoms with Crippen LogP contribution in [0.2, 0.25) is 0 Å². The lowest BCUT2D eigenvalue weighted by molar-refractivity contribution is -0.145. The molecule has 6 nitrogen and oxygen atoms in total. The van der Waals surface area contributed by atoms with Crippen LogP contribution in [-0.4, -0.2) is 44.8 Å². The molecule has 1 saturated heterocycles. The number of aromatic nitrogens is 2. The summed E-state index contributed by atoms with van der Waals surface area (Å²) in [5.41, 5.74) is 1.27. The van der Waals surface area contributed by atoms with Gasteiger partial charge in [-0.1, -0.05) is 6.42 Å². The van der Waals surface area contributed by atoms with Crippen LogP contribution in [0.15, 0.2) is 12.4 Å². The van der Waals surface area contributed by atoms with Crippen LogP contribution in [-0.2, 0) is 16.1 Å². The smallest absolute Gasteiger partial charge is 0.306 e. The Kier molecular flexibility index (Phi) is 5.21. The number of carbonyl (C=O) groups excluding carboxylic acids is 1. The molecule has 2 aliphatic rings. The highest BCUT2D eigenvalue weighted by atomic mass is 16.4. The molecule has 0 spiro atoms. The number of carboxylic acid groups (broad SMARTS) is 1. The summed E-state index contributed by atoms with van der Waals surface area (Å²) in [4.78, 5) is 25.9. The summed E-state index contributed by atoms with van der Waals surface area (Å²) in [5.74, 6) is -0.542. The van der Waals surface area contributed by atoms with Crippen molar-refractivity contribution >= 4 is 11.9 Å². The molecule has 1 aromatic rings. The van der Waals surface area contributed by atoms with E-state index in [0.717, 1.165) is 45.3 Å². The van der Waals surface area contributed by atoms with Gasteiger partial charge in [0.1, 0.15) is 0 Å². The molecule has 2 fully saturated rings. The Morgan fingerprint density at radius 3 is 2.54 bits per heavy atom. The van der Waals surface area contributed by atoms with E-state index in [-0.39, 0.29) is 17.7 Å². The van der Waals surface area contributed by atoms with Gasteiger partial charge >= 0.3 is 5.97 Å². The average molecular weight is 333 g/mol. The largest absolute Gasteiger partial charge is 0.481 e. The molecule has 1 aliphatic heterocycles. The van der Waals surface area contributed by atoms with Crippen LogP contribution >= 0.6 is 0 Å². The van der Waals surface area contributed by atoms with Crippen LogP contribution in [0.25, 0.3) is 0 Å². The fourth-order valence-corrected chi connectivity index (χ4v) is 4.09. The van der Waals surface area contributed by atoms with Crippen molar-refractivity contribution < 1.29 is 14.7 Å². The number of carboxylic acids is 1. The topological polar surface area (TPSA) is 75.4 Å². The van der Waals surface area contributed by atoms with Gasteiger partial charge in [0.25, 0.3) is 0 Å². The van der Waals surface area contributed by atoms with Gasteiger partial charge in [0, 0.05) is 31.7 Å². The summed E-state index contributed by atoms with van der Waals surface area (Å²) >= 11 is 0. The van der Waals surface area contributed by atoms with Gasteiger partial charge in [-0.3, -0.25) is 14.3 Å². The third-order valence-corrected chi connectivity index (χ3v) is 5.63. The third-order valence-electron chi connectivity index (χ3n) is 5.63. The van der Waals surface area contributed by atoms with Crippen LogP contribution in [0.4, 0.5) is 0 Å². The number of aliphatic carboxylic acids is 1. The van der Waals surface area contributed by atoms with Gasteiger partial charge in [-0.2, -0.15) is 5.10 Å². The number of rotatable bonds is 4. The number of carbonyl (C=O) groups is 2. The van der Waals surface area contributed by atoms with E-state index in [0.29, 0.717) is 18.8 Å². The Hall–Kier alpha value is -1.85. The molecule has 0 radical (unpaired) electrons. The first-order chi connectivity index (χ1) is 11.6. The number of nitrogens with zero attached hydrogens (tertiary/aromatic N) is 3. The molecule has 24 heavy (non-hydrogen) atoms. The second-order valence-electron chi connectivity index (χ2n) is 7.13. The third kappa shape index (κ3) is 3.62. The lowest BCUT2D eigenvalue weighted by atomic mass is 9.80. The molecule has 2 atom stereocenters. The zero-order valence-corrected chi connectivity index (χ0v) is 14.4. The lowest BCUT2D eigenvalue weighted by Gasteiger charge is -2.36.